The van der Waals surface area contributed by atoms with Crippen LogP contribution in [0.3, 0.4) is 0 Å². The molecule has 1 heterocycles. The predicted octanol–water partition coefficient (Wildman–Crippen LogP) is 2.04. The third kappa shape index (κ3) is 1.48. The summed E-state index contributed by atoms with van der Waals surface area (Å²) in [5.41, 5.74) is 3.98. The Labute approximate surface area is 85.4 Å². The van der Waals surface area contributed by atoms with Gasteiger partial charge < -0.3 is 9.80 Å². The second kappa shape index (κ2) is 3.37. The van der Waals surface area contributed by atoms with Gasteiger partial charge in [-0.05, 0) is 17.7 Å². The van der Waals surface area contributed by atoms with Crippen LogP contribution in [0.5, 0.6) is 0 Å². The number of likely N-dealkylation sites (N-methyl/N-ethyl adjacent to an activating group) is 2. The summed E-state index contributed by atoms with van der Waals surface area (Å²) < 4.78 is 0. The van der Waals surface area contributed by atoms with Crippen LogP contribution in [-0.2, 0) is 0 Å². The average molecular weight is 188 g/mol. The molecule has 74 valence electrons. The van der Waals surface area contributed by atoms with Crippen LogP contribution < -0.4 is 4.90 Å². The van der Waals surface area contributed by atoms with Crippen LogP contribution >= 0.6 is 0 Å². The molecule has 0 bridgehead atoms. The average Bonchev–Trinajstić information content (AvgIpc) is 2.17. The van der Waals surface area contributed by atoms with Gasteiger partial charge in [0.25, 0.3) is 0 Å². The number of fused-ring (bicyclic) bond motifs is 1. The van der Waals surface area contributed by atoms with Crippen molar-refractivity contribution in [2.24, 2.45) is 0 Å². The number of rotatable bonds is 1. The van der Waals surface area contributed by atoms with Crippen molar-refractivity contribution in [2.75, 3.05) is 32.6 Å². The molecule has 0 aromatic heterocycles. The number of hydrogen-bond acceptors (Lipinski definition) is 2. The zero-order valence-corrected chi connectivity index (χ0v) is 8.99. The molecule has 0 unspecified atom stereocenters. The summed E-state index contributed by atoms with van der Waals surface area (Å²) in [7, 11) is 6.32. The van der Waals surface area contributed by atoms with E-state index in [1.165, 1.54) is 16.9 Å². The summed E-state index contributed by atoms with van der Waals surface area (Å²) in [6, 6.07) is 8.50. The second-order valence-corrected chi connectivity index (χ2v) is 3.94. The van der Waals surface area contributed by atoms with Gasteiger partial charge in [0, 0.05) is 32.5 Å². The normalized spacial score (nSPS) is 14.8. The van der Waals surface area contributed by atoms with Crippen LogP contribution in [0.25, 0.3) is 6.08 Å². The molecule has 1 aliphatic heterocycles. The first-order chi connectivity index (χ1) is 6.68. The molecule has 0 N–H and O–H groups in total. The monoisotopic (exact) mass is 188 g/mol. The maximum absolute atomic E-state index is 2.28. The number of nitrogens with zero attached hydrogens (tertiary/aromatic N) is 2. The highest BCUT2D eigenvalue weighted by Crippen LogP contribution is 2.27. The fraction of sp³-hybridized carbons (Fsp3) is 0.333. The van der Waals surface area contributed by atoms with E-state index in [9.17, 15) is 0 Å². The van der Waals surface area contributed by atoms with Crippen molar-refractivity contribution < 1.29 is 0 Å². The van der Waals surface area contributed by atoms with Gasteiger partial charge in [-0.25, -0.2) is 0 Å². The predicted molar refractivity (Wildman–Crippen MR) is 61.4 cm³/mol. The van der Waals surface area contributed by atoms with Gasteiger partial charge in [0.1, 0.15) is 0 Å². The molecule has 0 radical (unpaired) electrons. The highest BCUT2D eigenvalue weighted by Gasteiger charge is 2.14. The quantitative estimate of drug-likeness (QED) is 0.665. The summed E-state index contributed by atoms with van der Waals surface area (Å²) >= 11 is 0. The minimum Gasteiger partial charge on any atom is -0.379 e. The fourth-order valence-corrected chi connectivity index (χ4v) is 1.78. The maximum Gasteiger partial charge on any atom is 0.0575 e. The molecule has 2 rings (SSSR count). The van der Waals surface area contributed by atoms with Crippen LogP contribution in [0.4, 0.5) is 5.69 Å². The summed E-state index contributed by atoms with van der Waals surface area (Å²) in [4.78, 5) is 4.46. The van der Waals surface area contributed by atoms with E-state index in [1.54, 1.807) is 0 Å². The SMILES string of the molecule is CN(C)C1=Cc2ccccc2N(C)C1. The Morgan fingerprint density at radius 1 is 1.21 bits per heavy atom. The summed E-state index contributed by atoms with van der Waals surface area (Å²) in [5, 5.41) is 0. The smallest absolute Gasteiger partial charge is 0.0575 e. The molecule has 0 amide bonds. The fourth-order valence-electron chi connectivity index (χ4n) is 1.78. The molecule has 2 nitrogen and oxygen atoms in total. The molecule has 1 aliphatic rings. The van der Waals surface area contributed by atoms with Gasteiger partial charge in [0.15, 0.2) is 0 Å². The van der Waals surface area contributed by atoms with Gasteiger partial charge in [-0.2, -0.15) is 0 Å². The molecule has 0 atom stereocenters. The molecular formula is C12H16N2. The summed E-state index contributed by atoms with van der Waals surface area (Å²) in [5.74, 6) is 0. The molecule has 0 spiro atoms. The Morgan fingerprint density at radius 3 is 2.64 bits per heavy atom. The first kappa shape index (κ1) is 9.13. The van der Waals surface area contributed by atoms with E-state index in [1.807, 2.05) is 0 Å². The van der Waals surface area contributed by atoms with E-state index in [4.69, 9.17) is 0 Å². The van der Waals surface area contributed by atoms with Crippen molar-refractivity contribution in [3.8, 4) is 0 Å². The molecule has 2 heteroatoms. The Morgan fingerprint density at radius 2 is 1.93 bits per heavy atom. The van der Waals surface area contributed by atoms with E-state index in [2.05, 4.69) is 61.3 Å². The van der Waals surface area contributed by atoms with E-state index in [0.29, 0.717) is 0 Å². The van der Waals surface area contributed by atoms with Gasteiger partial charge in [-0.3, -0.25) is 0 Å². The Balaban J connectivity index is 2.45. The lowest BCUT2D eigenvalue weighted by Crippen LogP contribution is -2.29. The zero-order valence-electron chi connectivity index (χ0n) is 8.99. The van der Waals surface area contributed by atoms with Crippen LogP contribution in [0.2, 0.25) is 0 Å². The highest BCUT2D eigenvalue weighted by atomic mass is 15.2. The number of para-hydroxylation sites is 1. The first-order valence-corrected chi connectivity index (χ1v) is 4.86. The van der Waals surface area contributed by atoms with Crippen molar-refractivity contribution >= 4 is 11.8 Å². The van der Waals surface area contributed by atoms with Crippen molar-refractivity contribution in [1.82, 2.24) is 4.90 Å². The van der Waals surface area contributed by atoms with Crippen molar-refractivity contribution in [2.45, 2.75) is 0 Å². The third-order valence-corrected chi connectivity index (χ3v) is 2.64. The minimum absolute atomic E-state index is 0.990. The standard InChI is InChI=1S/C12H16N2/c1-13(2)11-8-10-6-4-5-7-12(10)14(3)9-11/h4-8H,9H2,1-3H3. The van der Waals surface area contributed by atoms with Crippen molar-refractivity contribution in [3.05, 3.63) is 35.5 Å². The van der Waals surface area contributed by atoms with Crippen LogP contribution in [-0.4, -0.2) is 32.6 Å². The Kier molecular flexibility index (Phi) is 2.20. The lowest BCUT2D eigenvalue weighted by Gasteiger charge is -2.30. The maximum atomic E-state index is 2.28. The number of anilines is 1. The molecule has 0 saturated carbocycles. The second-order valence-electron chi connectivity index (χ2n) is 3.94. The molecule has 0 saturated heterocycles. The minimum atomic E-state index is 0.990. The van der Waals surface area contributed by atoms with E-state index < -0.39 is 0 Å². The lowest BCUT2D eigenvalue weighted by atomic mass is 10.1. The van der Waals surface area contributed by atoms with Gasteiger partial charge in [-0.15, -0.1) is 0 Å². The van der Waals surface area contributed by atoms with E-state index >= 15 is 0 Å². The van der Waals surface area contributed by atoms with Gasteiger partial charge in [-0.1, -0.05) is 18.2 Å². The summed E-state index contributed by atoms with van der Waals surface area (Å²) in [6.45, 7) is 0.990. The van der Waals surface area contributed by atoms with Gasteiger partial charge >= 0.3 is 0 Å². The topological polar surface area (TPSA) is 6.48 Å². The number of benzene rings is 1. The molecule has 0 fully saturated rings. The third-order valence-electron chi connectivity index (χ3n) is 2.64. The highest BCUT2D eigenvalue weighted by molar-refractivity contribution is 5.72. The van der Waals surface area contributed by atoms with E-state index in [0.717, 1.165) is 6.54 Å². The molecule has 0 aliphatic carbocycles. The number of hydrogen-bond donors (Lipinski definition) is 0. The van der Waals surface area contributed by atoms with Crippen LogP contribution in [0.1, 0.15) is 5.56 Å². The Bertz CT molecular complexity index is 366. The Hall–Kier alpha value is -1.44. The molecule has 14 heavy (non-hydrogen) atoms. The van der Waals surface area contributed by atoms with Crippen molar-refractivity contribution in [3.63, 3.8) is 0 Å². The van der Waals surface area contributed by atoms with Crippen LogP contribution in [0, 0.1) is 0 Å². The van der Waals surface area contributed by atoms with E-state index in [-0.39, 0.29) is 0 Å². The van der Waals surface area contributed by atoms with Crippen LogP contribution in [0.15, 0.2) is 30.0 Å². The molecule has 1 aromatic rings. The summed E-state index contributed by atoms with van der Waals surface area (Å²) in [6.07, 6.45) is 2.26. The molecule has 1 aromatic carbocycles. The zero-order chi connectivity index (χ0) is 10.1. The largest absolute Gasteiger partial charge is 0.379 e. The lowest BCUT2D eigenvalue weighted by molar-refractivity contribution is 0.502. The first-order valence-electron chi connectivity index (χ1n) is 4.86. The molecular weight excluding hydrogens is 172 g/mol. The van der Waals surface area contributed by atoms with Crippen molar-refractivity contribution in [1.29, 1.82) is 0 Å². The van der Waals surface area contributed by atoms with Gasteiger partial charge in [0.05, 0.1) is 6.54 Å². The van der Waals surface area contributed by atoms with Gasteiger partial charge in [0.2, 0.25) is 0 Å².